The molecule has 1 N–H and O–H groups in total. The summed E-state index contributed by atoms with van der Waals surface area (Å²) in [7, 11) is 2.19. The summed E-state index contributed by atoms with van der Waals surface area (Å²) >= 11 is 6.31. The van der Waals surface area contributed by atoms with Crippen molar-refractivity contribution in [1.82, 2.24) is 10.2 Å². The minimum absolute atomic E-state index is 0.320. The van der Waals surface area contributed by atoms with Gasteiger partial charge in [-0.05, 0) is 45.0 Å². The van der Waals surface area contributed by atoms with Crippen molar-refractivity contribution in [3.8, 4) is 0 Å². The van der Waals surface area contributed by atoms with Crippen molar-refractivity contribution in [2.75, 3.05) is 13.6 Å². The fourth-order valence-electron chi connectivity index (χ4n) is 2.38. The summed E-state index contributed by atoms with van der Waals surface area (Å²) in [6.45, 7) is 12.2. The van der Waals surface area contributed by atoms with Crippen LogP contribution < -0.4 is 5.32 Å². The van der Waals surface area contributed by atoms with Crippen LogP contribution in [0.4, 0.5) is 0 Å². The molecule has 1 rings (SSSR count). The van der Waals surface area contributed by atoms with E-state index in [1.165, 1.54) is 5.56 Å². The van der Waals surface area contributed by atoms with Crippen LogP contribution in [-0.4, -0.2) is 30.6 Å². The number of benzene rings is 1. The molecule has 0 saturated heterocycles. The lowest BCUT2D eigenvalue weighted by molar-refractivity contribution is 0.149. The molecule has 2 nitrogen and oxygen atoms in total. The number of nitrogens with one attached hydrogen (secondary N) is 1. The molecule has 1 aromatic rings. The van der Waals surface area contributed by atoms with Gasteiger partial charge in [0.1, 0.15) is 0 Å². The molecule has 0 aliphatic carbocycles. The second-order valence-electron chi connectivity index (χ2n) is 6.14. The Morgan fingerprint density at radius 3 is 2.25 bits per heavy atom. The van der Waals surface area contributed by atoms with Gasteiger partial charge >= 0.3 is 0 Å². The van der Waals surface area contributed by atoms with Gasteiger partial charge in [0.15, 0.2) is 0 Å². The molecule has 3 unspecified atom stereocenters. The Kier molecular flexibility index (Phi) is 7.01. The molecular weight excluding hydrogens is 268 g/mol. The van der Waals surface area contributed by atoms with Crippen molar-refractivity contribution in [2.24, 2.45) is 5.92 Å². The quantitative estimate of drug-likeness (QED) is 0.804. The van der Waals surface area contributed by atoms with Crippen molar-refractivity contribution in [3.63, 3.8) is 0 Å². The van der Waals surface area contributed by atoms with Crippen molar-refractivity contribution in [1.29, 1.82) is 0 Å². The second-order valence-corrected chi connectivity index (χ2v) is 6.55. The first-order valence-electron chi connectivity index (χ1n) is 7.54. The van der Waals surface area contributed by atoms with Crippen LogP contribution in [0.15, 0.2) is 24.3 Å². The van der Waals surface area contributed by atoms with Crippen molar-refractivity contribution in [3.05, 3.63) is 34.9 Å². The first-order valence-corrected chi connectivity index (χ1v) is 7.92. The molecule has 0 fully saturated rings. The maximum absolute atomic E-state index is 6.31. The number of hydrogen-bond donors (Lipinski definition) is 1. The van der Waals surface area contributed by atoms with Crippen LogP contribution in [0.2, 0.25) is 5.02 Å². The summed E-state index contributed by atoms with van der Waals surface area (Å²) in [5.41, 5.74) is 1.20. The Morgan fingerprint density at radius 1 is 1.10 bits per heavy atom. The van der Waals surface area contributed by atoms with E-state index in [0.717, 1.165) is 11.6 Å². The van der Waals surface area contributed by atoms with Crippen LogP contribution in [0.5, 0.6) is 0 Å². The molecule has 0 aliphatic heterocycles. The van der Waals surface area contributed by atoms with Gasteiger partial charge in [-0.3, -0.25) is 4.90 Å². The molecule has 0 heterocycles. The first kappa shape index (κ1) is 17.5. The van der Waals surface area contributed by atoms with Crippen molar-refractivity contribution < 1.29 is 0 Å². The van der Waals surface area contributed by atoms with Gasteiger partial charge in [-0.15, -0.1) is 0 Å². The minimum atomic E-state index is 0.320. The lowest BCUT2D eigenvalue weighted by atomic mass is 9.98. The highest BCUT2D eigenvalue weighted by Crippen LogP contribution is 2.28. The fraction of sp³-hybridized carbons (Fsp3) is 0.647. The summed E-state index contributed by atoms with van der Waals surface area (Å²) in [6, 6.07) is 9.48. The zero-order valence-electron chi connectivity index (χ0n) is 13.7. The monoisotopic (exact) mass is 296 g/mol. The summed E-state index contributed by atoms with van der Waals surface area (Å²) in [6.07, 6.45) is 0. The van der Waals surface area contributed by atoms with Crippen LogP contribution in [0.25, 0.3) is 0 Å². The molecule has 0 radical (unpaired) electrons. The Balaban J connectivity index is 2.68. The summed E-state index contributed by atoms with van der Waals surface area (Å²) in [5.74, 6) is 0.590. The van der Waals surface area contributed by atoms with Crippen molar-refractivity contribution >= 4 is 11.6 Å². The van der Waals surface area contributed by atoms with E-state index in [2.05, 4.69) is 64.0 Å². The highest BCUT2D eigenvalue weighted by molar-refractivity contribution is 6.31. The molecule has 3 atom stereocenters. The van der Waals surface area contributed by atoms with Crippen molar-refractivity contribution in [2.45, 2.75) is 52.7 Å². The van der Waals surface area contributed by atoms with E-state index < -0.39 is 0 Å². The van der Waals surface area contributed by atoms with Gasteiger partial charge in [0.25, 0.3) is 0 Å². The van der Waals surface area contributed by atoms with Crippen LogP contribution in [0.1, 0.15) is 46.2 Å². The second kappa shape index (κ2) is 8.02. The lowest BCUT2D eigenvalue weighted by Crippen LogP contribution is -2.41. The number of hydrogen-bond acceptors (Lipinski definition) is 2. The third-order valence-electron chi connectivity index (χ3n) is 4.28. The first-order chi connectivity index (χ1) is 9.34. The highest BCUT2D eigenvalue weighted by Gasteiger charge is 2.23. The van der Waals surface area contributed by atoms with E-state index in [1.54, 1.807) is 0 Å². The molecule has 1 aromatic carbocycles. The average molecular weight is 297 g/mol. The van der Waals surface area contributed by atoms with Crippen LogP contribution in [0.3, 0.4) is 0 Å². The maximum Gasteiger partial charge on any atom is 0.0453 e. The third-order valence-corrected chi connectivity index (χ3v) is 4.62. The molecular formula is C17H29ClN2. The predicted octanol–water partition coefficient (Wildman–Crippen LogP) is 4.36. The smallest absolute Gasteiger partial charge is 0.0453 e. The van der Waals surface area contributed by atoms with Gasteiger partial charge in [-0.25, -0.2) is 0 Å². The highest BCUT2D eigenvalue weighted by atomic mass is 35.5. The molecule has 20 heavy (non-hydrogen) atoms. The van der Waals surface area contributed by atoms with Gasteiger partial charge in [-0.1, -0.05) is 50.6 Å². The van der Waals surface area contributed by atoms with Gasteiger partial charge in [-0.2, -0.15) is 0 Å². The number of rotatable bonds is 7. The van der Waals surface area contributed by atoms with E-state index >= 15 is 0 Å². The molecule has 0 aromatic heterocycles. The van der Waals surface area contributed by atoms with Crippen LogP contribution >= 0.6 is 11.6 Å². The molecule has 0 aliphatic rings. The average Bonchev–Trinajstić information content (AvgIpc) is 2.42. The van der Waals surface area contributed by atoms with E-state index in [-0.39, 0.29) is 0 Å². The summed E-state index contributed by atoms with van der Waals surface area (Å²) in [5, 5.41) is 4.37. The standard InChI is InChI=1S/C17H29ClN2/c1-12(2)19-11-13(3)14(4)20(6)15(5)16-9-7-8-10-17(16)18/h7-10,12-15,19H,11H2,1-6H3. The maximum atomic E-state index is 6.31. The lowest BCUT2D eigenvalue weighted by Gasteiger charge is -2.35. The molecule has 0 amide bonds. The van der Waals surface area contributed by atoms with Gasteiger partial charge in [0.2, 0.25) is 0 Å². The van der Waals surface area contributed by atoms with E-state index in [4.69, 9.17) is 11.6 Å². The zero-order valence-corrected chi connectivity index (χ0v) is 14.4. The van der Waals surface area contributed by atoms with Crippen LogP contribution in [-0.2, 0) is 0 Å². The van der Waals surface area contributed by atoms with Gasteiger partial charge in [0.05, 0.1) is 0 Å². The number of halogens is 1. The molecule has 0 bridgehead atoms. The Labute approximate surface area is 129 Å². The Morgan fingerprint density at radius 2 is 1.70 bits per heavy atom. The molecule has 3 heteroatoms. The normalized spacial score (nSPS) is 16.4. The van der Waals surface area contributed by atoms with E-state index in [9.17, 15) is 0 Å². The van der Waals surface area contributed by atoms with Gasteiger partial charge in [0, 0.05) is 23.1 Å². The fourth-order valence-corrected chi connectivity index (χ4v) is 2.67. The largest absolute Gasteiger partial charge is 0.314 e. The Bertz CT molecular complexity index is 406. The number of nitrogens with zero attached hydrogens (tertiary/aromatic N) is 1. The topological polar surface area (TPSA) is 15.3 Å². The molecule has 0 saturated carbocycles. The Hall–Kier alpha value is -0.570. The third kappa shape index (κ3) is 4.76. The summed E-state index contributed by atoms with van der Waals surface area (Å²) in [4.78, 5) is 2.41. The predicted molar refractivity (Wildman–Crippen MR) is 89.4 cm³/mol. The minimum Gasteiger partial charge on any atom is -0.314 e. The van der Waals surface area contributed by atoms with E-state index in [0.29, 0.717) is 24.0 Å². The van der Waals surface area contributed by atoms with Crippen LogP contribution in [0, 0.1) is 5.92 Å². The molecule has 0 spiro atoms. The van der Waals surface area contributed by atoms with E-state index in [1.807, 2.05) is 12.1 Å². The summed E-state index contributed by atoms with van der Waals surface area (Å²) < 4.78 is 0. The SMILES string of the molecule is CC(C)NCC(C)C(C)N(C)C(C)c1ccccc1Cl. The zero-order chi connectivity index (χ0) is 15.3. The van der Waals surface area contributed by atoms with Gasteiger partial charge < -0.3 is 5.32 Å². The molecule has 114 valence electrons.